The van der Waals surface area contributed by atoms with E-state index in [4.69, 9.17) is 5.73 Å². The lowest BCUT2D eigenvalue weighted by Crippen LogP contribution is -2.15. The van der Waals surface area contributed by atoms with Crippen molar-refractivity contribution < 1.29 is 4.79 Å². The zero-order chi connectivity index (χ0) is 12.3. The van der Waals surface area contributed by atoms with Crippen molar-refractivity contribution in [3.63, 3.8) is 0 Å². The molecule has 94 valence electrons. The maximum absolute atomic E-state index is 11.0. The fourth-order valence-corrected chi connectivity index (χ4v) is 2.13. The van der Waals surface area contributed by atoms with Gasteiger partial charge in [0.05, 0.1) is 17.8 Å². The molecule has 0 bridgehead atoms. The normalized spacial score (nSPS) is 15.1. The van der Waals surface area contributed by atoms with E-state index in [2.05, 4.69) is 17.2 Å². The summed E-state index contributed by atoms with van der Waals surface area (Å²) in [6.45, 7) is 3.09. The second-order valence-corrected chi connectivity index (χ2v) is 4.77. The van der Waals surface area contributed by atoms with Crippen LogP contribution in [0.4, 0.5) is 0 Å². The molecule has 5 heteroatoms. The molecule has 0 atom stereocenters. The zero-order valence-corrected chi connectivity index (χ0v) is 10.4. The second kappa shape index (κ2) is 5.29. The smallest absolute Gasteiger partial charge is 0.223 e. The monoisotopic (exact) mass is 236 g/mol. The molecule has 1 aromatic heterocycles. The molecule has 1 saturated carbocycles. The van der Waals surface area contributed by atoms with Crippen LogP contribution in [0, 0.1) is 0 Å². The first kappa shape index (κ1) is 12.1. The van der Waals surface area contributed by atoms with Crippen LogP contribution in [-0.2, 0) is 17.8 Å². The van der Waals surface area contributed by atoms with Crippen molar-refractivity contribution in [3.05, 3.63) is 11.4 Å². The third kappa shape index (κ3) is 3.05. The van der Waals surface area contributed by atoms with Crippen LogP contribution >= 0.6 is 0 Å². The number of hydrogen-bond acceptors (Lipinski definition) is 3. The summed E-state index contributed by atoms with van der Waals surface area (Å²) in [5.74, 6) is 0.230. The fraction of sp³-hybridized carbons (Fsp3) is 0.750. The minimum Gasteiger partial charge on any atom is -0.369 e. The summed E-state index contributed by atoms with van der Waals surface area (Å²) >= 11 is 0. The predicted molar refractivity (Wildman–Crippen MR) is 64.4 cm³/mol. The molecule has 5 nitrogen and oxygen atoms in total. The Morgan fingerprint density at radius 3 is 2.82 bits per heavy atom. The number of carbonyl (C=O) groups is 1. The Morgan fingerprint density at radius 2 is 2.24 bits per heavy atom. The molecule has 2 N–H and O–H groups in total. The highest BCUT2D eigenvalue weighted by atomic mass is 16.1. The summed E-state index contributed by atoms with van der Waals surface area (Å²) in [7, 11) is 0. The van der Waals surface area contributed by atoms with Gasteiger partial charge in [0.25, 0.3) is 0 Å². The molecule has 17 heavy (non-hydrogen) atoms. The van der Waals surface area contributed by atoms with Crippen molar-refractivity contribution in [2.45, 2.75) is 57.9 Å². The molecule has 1 heterocycles. The Bertz CT molecular complexity index is 395. The minimum absolute atomic E-state index is 0.222. The molecule has 2 rings (SSSR count). The number of hydrogen-bond donors (Lipinski definition) is 1. The number of rotatable bonds is 7. The summed E-state index contributed by atoms with van der Waals surface area (Å²) in [5, 5.41) is 8.27. The van der Waals surface area contributed by atoms with E-state index in [9.17, 15) is 4.79 Å². The molecule has 1 aliphatic carbocycles. The Hall–Kier alpha value is -1.39. The van der Waals surface area contributed by atoms with Crippen LogP contribution in [0.1, 0.15) is 56.3 Å². The lowest BCUT2D eigenvalue weighted by atomic mass is 10.1. The van der Waals surface area contributed by atoms with Gasteiger partial charge >= 0.3 is 0 Å². The number of unbranched alkanes of at least 4 members (excludes halogenated alkanes) is 2. The van der Waals surface area contributed by atoms with Crippen molar-refractivity contribution >= 4 is 5.91 Å². The summed E-state index contributed by atoms with van der Waals surface area (Å²) in [4.78, 5) is 11.0. The lowest BCUT2D eigenvalue weighted by Gasteiger charge is -2.05. The highest BCUT2D eigenvalue weighted by molar-refractivity contribution is 5.76. The zero-order valence-electron chi connectivity index (χ0n) is 10.4. The first-order valence-electron chi connectivity index (χ1n) is 6.43. The Labute approximate surface area is 101 Å². The molecule has 0 unspecified atom stereocenters. The molecule has 1 amide bonds. The van der Waals surface area contributed by atoms with E-state index in [-0.39, 0.29) is 12.3 Å². The summed E-state index contributed by atoms with van der Waals surface area (Å²) < 4.78 is 1.98. The Kier molecular flexibility index (Phi) is 3.76. The highest BCUT2D eigenvalue weighted by Crippen LogP contribution is 2.41. The first-order valence-corrected chi connectivity index (χ1v) is 6.43. The molecule has 1 aromatic rings. The average Bonchev–Trinajstić information content (AvgIpc) is 3.03. The van der Waals surface area contributed by atoms with Crippen LogP contribution in [0.15, 0.2) is 0 Å². The van der Waals surface area contributed by atoms with E-state index >= 15 is 0 Å². The number of nitrogens with zero attached hydrogens (tertiary/aromatic N) is 3. The standard InChI is InChI=1S/C12H20N4O/c1-2-3-4-7-16-12(9-5-6-9)10(14-15-16)8-11(13)17/h9H,2-8H2,1H3,(H2,13,17). The lowest BCUT2D eigenvalue weighted by molar-refractivity contribution is -0.117. The van der Waals surface area contributed by atoms with Gasteiger partial charge in [0.2, 0.25) is 5.91 Å². The van der Waals surface area contributed by atoms with Gasteiger partial charge in [0, 0.05) is 12.5 Å². The number of amides is 1. The SMILES string of the molecule is CCCCCn1nnc(CC(N)=O)c1C1CC1. The molecular weight excluding hydrogens is 216 g/mol. The van der Waals surface area contributed by atoms with Crippen LogP contribution in [0.3, 0.4) is 0 Å². The number of aryl methyl sites for hydroxylation is 1. The summed E-state index contributed by atoms with van der Waals surface area (Å²) in [5.41, 5.74) is 7.17. The van der Waals surface area contributed by atoms with Gasteiger partial charge in [0.15, 0.2) is 0 Å². The first-order chi connectivity index (χ1) is 8.22. The van der Waals surface area contributed by atoms with Gasteiger partial charge in [-0.2, -0.15) is 0 Å². The summed E-state index contributed by atoms with van der Waals surface area (Å²) in [6.07, 6.45) is 6.12. The third-order valence-electron chi connectivity index (χ3n) is 3.13. The van der Waals surface area contributed by atoms with E-state index in [1.54, 1.807) is 0 Å². The van der Waals surface area contributed by atoms with Gasteiger partial charge in [-0.05, 0) is 19.3 Å². The third-order valence-corrected chi connectivity index (χ3v) is 3.13. The van der Waals surface area contributed by atoms with Crippen LogP contribution in [0.5, 0.6) is 0 Å². The van der Waals surface area contributed by atoms with E-state index in [1.165, 1.54) is 25.7 Å². The number of primary amides is 1. The number of carbonyl (C=O) groups excluding carboxylic acids is 1. The number of aromatic nitrogens is 3. The maximum Gasteiger partial charge on any atom is 0.223 e. The van der Waals surface area contributed by atoms with Crippen LogP contribution < -0.4 is 5.73 Å². The van der Waals surface area contributed by atoms with E-state index in [0.29, 0.717) is 5.92 Å². The van der Waals surface area contributed by atoms with Gasteiger partial charge < -0.3 is 5.73 Å². The predicted octanol–water partition coefficient (Wildman–Crippen LogP) is 1.37. The molecule has 0 aromatic carbocycles. The van der Waals surface area contributed by atoms with Crippen molar-refractivity contribution in [1.29, 1.82) is 0 Å². The highest BCUT2D eigenvalue weighted by Gasteiger charge is 2.31. The molecule has 0 aliphatic heterocycles. The summed E-state index contributed by atoms with van der Waals surface area (Å²) in [6, 6.07) is 0. The van der Waals surface area contributed by atoms with E-state index in [0.717, 1.165) is 24.4 Å². The minimum atomic E-state index is -0.326. The van der Waals surface area contributed by atoms with Crippen LogP contribution in [0.2, 0.25) is 0 Å². The Morgan fingerprint density at radius 1 is 1.47 bits per heavy atom. The van der Waals surface area contributed by atoms with Crippen molar-refractivity contribution in [1.82, 2.24) is 15.0 Å². The van der Waals surface area contributed by atoms with Gasteiger partial charge in [-0.3, -0.25) is 4.79 Å². The van der Waals surface area contributed by atoms with Crippen LogP contribution in [-0.4, -0.2) is 20.9 Å². The average molecular weight is 236 g/mol. The molecule has 0 saturated heterocycles. The molecule has 1 aliphatic rings. The molecule has 0 spiro atoms. The second-order valence-electron chi connectivity index (χ2n) is 4.77. The fourth-order valence-electron chi connectivity index (χ4n) is 2.13. The molecule has 1 fully saturated rings. The van der Waals surface area contributed by atoms with Crippen molar-refractivity contribution in [2.75, 3.05) is 0 Å². The molecule has 0 radical (unpaired) electrons. The Balaban J connectivity index is 2.09. The largest absolute Gasteiger partial charge is 0.369 e. The van der Waals surface area contributed by atoms with Gasteiger partial charge in [-0.15, -0.1) is 5.10 Å². The maximum atomic E-state index is 11.0. The van der Waals surface area contributed by atoms with Crippen molar-refractivity contribution in [2.24, 2.45) is 5.73 Å². The van der Waals surface area contributed by atoms with Gasteiger partial charge in [-0.1, -0.05) is 25.0 Å². The van der Waals surface area contributed by atoms with E-state index in [1.807, 2.05) is 4.68 Å². The quantitative estimate of drug-likeness (QED) is 0.727. The topological polar surface area (TPSA) is 73.8 Å². The van der Waals surface area contributed by atoms with Crippen molar-refractivity contribution in [3.8, 4) is 0 Å². The van der Waals surface area contributed by atoms with Crippen LogP contribution in [0.25, 0.3) is 0 Å². The van der Waals surface area contributed by atoms with Gasteiger partial charge in [0.1, 0.15) is 0 Å². The molecular formula is C12H20N4O. The van der Waals surface area contributed by atoms with Gasteiger partial charge in [-0.25, -0.2) is 4.68 Å². The van der Waals surface area contributed by atoms with E-state index < -0.39 is 0 Å². The number of nitrogens with two attached hydrogens (primary N) is 1.